The minimum absolute atomic E-state index is 0.746. The number of benzene rings is 3. The zero-order valence-electron chi connectivity index (χ0n) is 19.6. The third-order valence-corrected chi connectivity index (χ3v) is 6.93. The van der Waals surface area contributed by atoms with E-state index >= 15 is 0 Å². The SMILES string of the molecule is c1ccc(-n2c3ccccc3c3ccc(Oc4ccc5c(c4)c4ncccc4n4ccnc54)cc32)nc1. The fourth-order valence-corrected chi connectivity index (χ4v) is 5.36. The maximum Gasteiger partial charge on any atom is 0.145 e. The number of para-hydroxylation sites is 1. The van der Waals surface area contributed by atoms with Crippen LogP contribution in [0.1, 0.15) is 0 Å². The van der Waals surface area contributed by atoms with E-state index in [1.165, 1.54) is 5.39 Å². The van der Waals surface area contributed by atoms with Crippen LogP contribution in [0.15, 0.2) is 116 Å². The van der Waals surface area contributed by atoms with Crippen molar-refractivity contribution < 1.29 is 4.74 Å². The van der Waals surface area contributed by atoms with E-state index in [4.69, 9.17) is 4.74 Å². The summed E-state index contributed by atoms with van der Waals surface area (Å²) in [4.78, 5) is 13.9. The van der Waals surface area contributed by atoms with Crippen LogP contribution in [-0.4, -0.2) is 23.9 Å². The minimum atomic E-state index is 0.746. The second-order valence-electron chi connectivity index (χ2n) is 9.02. The van der Waals surface area contributed by atoms with Crippen LogP contribution in [0, 0.1) is 0 Å². The zero-order valence-corrected chi connectivity index (χ0v) is 19.6. The van der Waals surface area contributed by atoms with Gasteiger partial charge in [0, 0.05) is 52.4 Å². The van der Waals surface area contributed by atoms with Crippen molar-refractivity contribution in [3.05, 3.63) is 116 Å². The lowest BCUT2D eigenvalue weighted by Gasteiger charge is -2.11. The topological polar surface area (TPSA) is 57.2 Å². The zero-order chi connectivity index (χ0) is 24.3. The van der Waals surface area contributed by atoms with Crippen molar-refractivity contribution in [2.75, 3.05) is 0 Å². The quantitative estimate of drug-likeness (QED) is 0.250. The van der Waals surface area contributed by atoms with Gasteiger partial charge in [-0.1, -0.05) is 24.3 Å². The van der Waals surface area contributed by atoms with Crippen molar-refractivity contribution in [1.82, 2.24) is 23.9 Å². The van der Waals surface area contributed by atoms with E-state index in [1.54, 1.807) is 0 Å². The average Bonchev–Trinajstić information content (AvgIpc) is 3.57. The van der Waals surface area contributed by atoms with Crippen molar-refractivity contribution in [3.8, 4) is 17.3 Å². The van der Waals surface area contributed by atoms with E-state index in [0.717, 1.165) is 61.2 Å². The molecule has 0 aliphatic rings. The van der Waals surface area contributed by atoms with Crippen LogP contribution in [0.3, 0.4) is 0 Å². The molecule has 0 unspecified atom stereocenters. The summed E-state index contributed by atoms with van der Waals surface area (Å²) in [6.07, 6.45) is 7.43. The number of hydrogen-bond acceptors (Lipinski definition) is 4. The van der Waals surface area contributed by atoms with Crippen molar-refractivity contribution >= 4 is 49.3 Å². The number of aromatic nitrogens is 5. The second-order valence-corrected chi connectivity index (χ2v) is 9.02. The molecule has 0 spiro atoms. The largest absolute Gasteiger partial charge is 0.457 e. The number of fused-ring (bicyclic) bond motifs is 9. The molecule has 0 aliphatic heterocycles. The van der Waals surface area contributed by atoms with Gasteiger partial charge in [-0.25, -0.2) is 9.97 Å². The summed E-state index contributed by atoms with van der Waals surface area (Å²) >= 11 is 0. The molecular weight excluding hydrogens is 458 g/mol. The normalized spacial score (nSPS) is 11.8. The summed E-state index contributed by atoms with van der Waals surface area (Å²) in [5.41, 5.74) is 4.99. The number of imidazole rings is 1. The smallest absolute Gasteiger partial charge is 0.145 e. The summed E-state index contributed by atoms with van der Waals surface area (Å²) < 4.78 is 10.7. The van der Waals surface area contributed by atoms with Crippen molar-refractivity contribution in [2.45, 2.75) is 0 Å². The second kappa shape index (κ2) is 7.63. The molecule has 0 saturated carbocycles. The Morgan fingerprint density at radius 3 is 2.24 bits per heavy atom. The summed E-state index contributed by atoms with van der Waals surface area (Å²) in [5, 5.41) is 4.38. The van der Waals surface area contributed by atoms with Crippen LogP contribution in [-0.2, 0) is 0 Å². The molecule has 8 rings (SSSR count). The first kappa shape index (κ1) is 20.0. The predicted octanol–water partition coefficient (Wildman–Crippen LogP) is 7.32. The van der Waals surface area contributed by atoms with Crippen LogP contribution >= 0.6 is 0 Å². The molecule has 5 heterocycles. The van der Waals surface area contributed by atoms with Gasteiger partial charge in [-0.15, -0.1) is 0 Å². The number of rotatable bonds is 3. The molecule has 0 N–H and O–H groups in total. The first-order valence-corrected chi connectivity index (χ1v) is 12.1. The number of hydrogen-bond donors (Lipinski definition) is 0. The lowest BCUT2D eigenvalue weighted by atomic mass is 10.1. The summed E-state index contributed by atoms with van der Waals surface area (Å²) in [6.45, 7) is 0. The molecule has 5 aromatic heterocycles. The van der Waals surface area contributed by atoms with E-state index in [2.05, 4.69) is 78.5 Å². The van der Waals surface area contributed by atoms with E-state index in [0.29, 0.717) is 0 Å². The highest BCUT2D eigenvalue weighted by molar-refractivity contribution is 6.11. The molecule has 0 amide bonds. The lowest BCUT2D eigenvalue weighted by molar-refractivity contribution is 0.484. The Labute approximate surface area is 211 Å². The van der Waals surface area contributed by atoms with Gasteiger partial charge >= 0.3 is 0 Å². The van der Waals surface area contributed by atoms with Crippen LogP contribution < -0.4 is 4.74 Å². The minimum Gasteiger partial charge on any atom is -0.457 e. The van der Waals surface area contributed by atoms with E-state index < -0.39 is 0 Å². The number of pyridine rings is 3. The summed E-state index contributed by atoms with van der Waals surface area (Å²) in [5.74, 6) is 2.37. The predicted molar refractivity (Wildman–Crippen MR) is 147 cm³/mol. The van der Waals surface area contributed by atoms with Crippen molar-refractivity contribution in [1.29, 1.82) is 0 Å². The Bertz CT molecular complexity index is 2130. The van der Waals surface area contributed by atoms with Gasteiger partial charge in [-0.2, -0.15) is 0 Å². The summed E-state index contributed by atoms with van der Waals surface area (Å²) in [7, 11) is 0. The fourth-order valence-electron chi connectivity index (χ4n) is 5.36. The molecule has 6 heteroatoms. The first-order chi connectivity index (χ1) is 18.3. The lowest BCUT2D eigenvalue weighted by Crippen LogP contribution is -1.96. The molecule has 0 atom stereocenters. The molecule has 6 nitrogen and oxygen atoms in total. The van der Waals surface area contributed by atoms with Crippen LogP contribution in [0.2, 0.25) is 0 Å². The van der Waals surface area contributed by atoms with E-state index in [-0.39, 0.29) is 0 Å². The van der Waals surface area contributed by atoms with Gasteiger partial charge in [0.05, 0.1) is 22.1 Å². The van der Waals surface area contributed by atoms with E-state index in [1.807, 2.05) is 61.2 Å². The molecule has 0 aliphatic carbocycles. The van der Waals surface area contributed by atoms with Crippen molar-refractivity contribution in [3.63, 3.8) is 0 Å². The monoisotopic (exact) mass is 477 g/mol. The molecular formula is C31H19N5O. The third kappa shape index (κ3) is 2.96. The van der Waals surface area contributed by atoms with Crippen LogP contribution in [0.25, 0.3) is 55.1 Å². The Hall–Kier alpha value is -5.23. The maximum atomic E-state index is 6.44. The highest BCUT2D eigenvalue weighted by Gasteiger charge is 2.15. The maximum absolute atomic E-state index is 6.44. The number of nitrogens with zero attached hydrogens (tertiary/aromatic N) is 5. The Morgan fingerprint density at radius 1 is 0.541 bits per heavy atom. The van der Waals surface area contributed by atoms with Gasteiger partial charge in [0.25, 0.3) is 0 Å². The highest BCUT2D eigenvalue weighted by atomic mass is 16.5. The molecule has 8 aromatic rings. The molecule has 174 valence electrons. The fraction of sp³-hybridized carbons (Fsp3) is 0. The van der Waals surface area contributed by atoms with Crippen LogP contribution in [0.4, 0.5) is 0 Å². The Kier molecular flexibility index (Phi) is 4.13. The van der Waals surface area contributed by atoms with Gasteiger partial charge in [0.1, 0.15) is 23.0 Å². The Balaban J connectivity index is 1.31. The van der Waals surface area contributed by atoms with Gasteiger partial charge < -0.3 is 4.74 Å². The molecule has 0 bridgehead atoms. The van der Waals surface area contributed by atoms with Gasteiger partial charge in [-0.05, 0) is 60.7 Å². The molecule has 0 saturated heterocycles. The third-order valence-electron chi connectivity index (χ3n) is 6.93. The van der Waals surface area contributed by atoms with Gasteiger partial charge in [0.2, 0.25) is 0 Å². The van der Waals surface area contributed by atoms with Crippen molar-refractivity contribution in [2.24, 2.45) is 0 Å². The highest BCUT2D eigenvalue weighted by Crippen LogP contribution is 2.36. The Morgan fingerprint density at radius 2 is 1.32 bits per heavy atom. The van der Waals surface area contributed by atoms with Crippen LogP contribution in [0.5, 0.6) is 11.5 Å². The molecule has 0 radical (unpaired) electrons. The summed E-state index contributed by atoms with van der Waals surface area (Å²) in [6, 6.07) is 30.7. The molecule has 0 fully saturated rings. The van der Waals surface area contributed by atoms with Gasteiger partial charge in [0.15, 0.2) is 0 Å². The standard InChI is InChI=1S/C31H19N5O/c1-2-7-26-22(6-1)23-12-10-21(19-28(23)36(26)29-9-3-4-14-32-29)37-20-11-13-24-25(18-20)30-27(8-5-15-33-30)35-17-16-34-31(24)35/h1-19H. The van der Waals surface area contributed by atoms with Gasteiger partial charge in [-0.3, -0.25) is 14.0 Å². The molecule has 3 aromatic carbocycles. The van der Waals surface area contributed by atoms with E-state index in [9.17, 15) is 0 Å². The number of ether oxygens (including phenoxy) is 1. The molecule has 37 heavy (non-hydrogen) atoms. The first-order valence-electron chi connectivity index (χ1n) is 12.1. The average molecular weight is 478 g/mol.